The summed E-state index contributed by atoms with van der Waals surface area (Å²) in [6.07, 6.45) is 2.15. The average molecular weight is 453 g/mol. The number of fused-ring (bicyclic) bond motifs is 1. The number of rotatable bonds is 7. The summed E-state index contributed by atoms with van der Waals surface area (Å²) < 4.78 is 6.71. The van der Waals surface area contributed by atoms with Crippen molar-refractivity contribution in [3.63, 3.8) is 0 Å². The highest BCUT2D eigenvalue weighted by molar-refractivity contribution is 5.97. The Morgan fingerprint density at radius 1 is 1.12 bits per heavy atom. The number of nitro groups is 1. The van der Waals surface area contributed by atoms with Crippen molar-refractivity contribution in [2.24, 2.45) is 0 Å². The number of pyridine rings is 1. The first-order valence-electron chi connectivity index (χ1n) is 10.9. The van der Waals surface area contributed by atoms with Gasteiger partial charge in [-0.25, -0.2) is 0 Å². The number of anilines is 1. The van der Waals surface area contributed by atoms with Gasteiger partial charge in [0.15, 0.2) is 5.76 Å². The summed E-state index contributed by atoms with van der Waals surface area (Å²) in [5, 5.41) is 12.7. The Bertz CT molecular complexity index is 1210. The minimum absolute atomic E-state index is 0.213. The second kappa shape index (κ2) is 9.45. The molecule has 1 fully saturated rings. The second-order valence-electron chi connectivity index (χ2n) is 8.34. The molecule has 10 heteroatoms. The van der Waals surface area contributed by atoms with E-state index < -0.39 is 16.2 Å². The highest BCUT2D eigenvalue weighted by atomic mass is 16.6. The Hall–Kier alpha value is -3.66. The van der Waals surface area contributed by atoms with Gasteiger partial charge in [0.1, 0.15) is 5.69 Å². The summed E-state index contributed by atoms with van der Waals surface area (Å²) in [4.78, 5) is 42.9. The van der Waals surface area contributed by atoms with Crippen LogP contribution in [0.15, 0.2) is 51.9 Å². The summed E-state index contributed by atoms with van der Waals surface area (Å²) in [5.41, 5.74) is -0.00332. The zero-order chi connectivity index (χ0) is 23.5. The van der Waals surface area contributed by atoms with E-state index in [0.29, 0.717) is 55.7 Å². The quantitative estimate of drug-likeness (QED) is 0.400. The third-order valence-corrected chi connectivity index (χ3v) is 5.91. The molecule has 0 spiro atoms. The molecule has 10 nitrogen and oxygen atoms in total. The van der Waals surface area contributed by atoms with Crippen LogP contribution in [0.1, 0.15) is 17.0 Å². The molecule has 174 valence electrons. The average Bonchev–Trinajstić information content (AvgIpc) is 3.34. The maximum Gasteiger partial charge on any atom is 0.357 e. The smallest absolute Gasteiger partial charge is 0.357 e. The Labute approximate surface area is 190 Å². The fourth-order valence-corrected chi connectivity index (χ4v) is 4.32. The van der Waals surface area contributed by atoms with Gasteiger partial charge in [-0.3, -0.25) is 19.7 Å². The van der Waals surface area contributed by atoms with Crippen molar-refractivity contribution >= 4 is 28.2 Å². The van der Waals surface area contributed by atoms with E-state index in [1.54, 1.807) is 17.0 Å². The van der Waals surface area contributed by atoms with E-state index in [0.717, 1.165) is 6.54 Å². The third-order valence-electron chi connectivity index (χ3n) is 5.91. The first-order chi connectivity index (χ1) is 15.9. The number of para-hydroxylation sites is 1. The fourth-order valence-electron chi connectivity index (χ4n) is 4.32. The molecule has 1 saturated heterocycles. The van der Waals surface area contributed by atoms with E-state index in [1.807, 2.05) is 48.2 Å². The summed E-state index contributed by atoms with van der Waals surface area (Å²) in [6.45, 7) is 2.66. The molecular weight excluding hydrogens is 426 g/mol. The molecule has 0 unspecified atom stereocenters. The van der Waals surface area contributed by atoms with Gasteiger partial charge in [-0.15, -0.1) is 0 Å². The van der Waals surface area contributed by atoms with Gasteiger partial charge in [0, 0.05) is 38.1 Å². The van der Waals surface area contributed by atoms with E-state index in [1.165, 1.54) is 10.8 Å². The van der Waals surface area contributed by atoms with Gasteiger partial charge < -0.3 is 23.7 Å². The summed E-state index contributed by atoms with van der Waals surface area (Å²) in [6, 6.07) is 10.6. The van der Waals surface area contributed by atoms with Gasteiger partial charge in [-0.1, -0.05) is 18.2 Å². The van der Waals surface area contributed by atoms with Crippen LogP contribution in [0.3, 0.4) is 0 Å². The van der Waals surface area contributed by atoms with Gasteiger partial charge >= 0.3 is 11.2 Å². The molecule has 1 aliphatic heterocycles. The first-order valence-corrected chi connectivity index (χ1v) is 10.9. The maximum atomic E-state index is 13.3. The van der Waals surface area contributed by atoms with Crippen molar-refractivity contribution in [2.45, 2.75) is 13.0 Å². The SMILES string of the molecule is CN(C)CCCn1c(=O)c([N+](=O)[O-])c(N2CCN(C(=O)c3ccco3)CC2)c2ccccc21. The van der Waals surface area contributed by atoms with Crippen LogP contribution in [0, 0.1) is 10.1 Å². The lowest BCUT2D eigenvalue weighted by atomic mass is 10.1. The number of amides is 1. The van der Waals surface area contributed by atoms with Crippen LogP contribution in [-0.2, 0) is 6.54 Å². The molecule has 1 aliphatic rings. The molecule has 0 radical (unpaired) electrons. The van der Waals surface area contributed by atoms with Crippen molar-refractivity contribution in [3.05, 3.63) is 68.9 Å². The van der Waals surface area contributed by atoms with Crippen molar-refractivity contribution in [2.75, 3.05) is 51.7 Å². The number of nitrogens with zero attached hydrogens (tertiary/aromatic N) is 5. The topological polar surface area (TPSA) is 105 Å². The van der Waals surface area contributed by atoms with E-state index >= 15 is 0 Å². The van der Waals surface area contributed by atoms with Crippen molar-refractivity contribution in [1.82, 2.24) is 14.4 Å². The molecule has 33 heavy (non-hydrogen) atoms. The molecular formula is C23H27N5O5. The van der Waals surface area contributed by atoms with Crippen LogP contribution in [0.5, 0.6) is 0 Å². The van der Waals surface area contributed by atoms with Crippen LogP contribution in [0.2, 0.25) is 0 Å². The lowest BCUT2D eigenvalue weighted by Crippen LogP contribution is -2.49. The molecule has 0 atom stereocenters. The molecule has 0 saturated carbocycles. The van der Waals surface area contributed by atoms with Crippen LogP contribution >= 0.6 is 0 Å². The highest BCUT2D eigenvalue weighted by Gasteiger charge is 2.32. The zero-order valence-corrected chi connectivity index (χ0v) is 18.8. The van der Waals surface area contributed by atoms with Crippen LogP contribution in [0.25, 0.3) is 10.9 Å². The molecule has 2 aromatic heterocycles. The monoisotopic (exact) mass is 453 g/mol. The second-order valence-corrected chi connectivity index (χ2v) is 8.34. The number of carbonyl (C=O) groups excluding carboxylic acids is 1. The first kappa shape index (κ1) is 22.5. The standard InChI is InChI=1S/C23H27N5O5/c1-24(2)10-6-11-27-18-8-4-3-7-17(18)20(21(23(27)30)28(31)32)25-12-14-26(15-13-25)22(29)19-9-5-16-33-19/h3-5,7-9,16H,6,10-15H2,1-2H3. The van der Waals surface area contributed by atoms with E-state index in [2.05, 4.69) is 0 Å². The molecule has 3 aromatic rings. The van der Waals surface area contributed by atoms with Gasteiger partial charge in [0.25, 0.3) is 5.91 Å². The zero-order valence-electron chi connectivity index (χ0n) is 18.8. The third kappa shape index (κ3) is 4.47. The molecule has 3 heterocycles. The fraction of sp³-hybridized carbons (Fsp3) is 0.391. The highest BCUT2D eigenvalue weighted by Crippen LogP contribution is 2.34. The molecule has 1 amide bonds. The van der Waals surface area contributed by atoms with Crippen molar-refractivity contribution in [3.8, 4) is 0 Å². The Morgan fingerprint density at radius 3 is 2.48 bits per heavy atom. The molecule has 0 aliphatic carbocycles. The van der Waals surface area contributed by atoms with E-state index in [-0.39, 0.29) is 11.7 Å². The summed E-state index contributed by atoms with van der Waals surface area (Å²) in [7, 11) is 3.89. The number of aryl methyl sites for hydroxylation is 1. The number of piperazine rings is 1. The van der Waals surface area contributed by atoms with Crippen LogP contribution in [0.4, 0.5) is 11.4 Å². The number of hydrogen-bond donors (Lipinski definition) is 0. The van der Waals surface area contributed by atoms with Gasteiger partial charge in [-0.05, 0) is 45.3 Å². The van der Waals surface area contributed by atoms with Crippen molar-refractivity contribution in [1.29, 1.82) is 0 Å². The molecule has 0 bridgehead atoms. The van der Waals surface area contributed by atoms with Gasteiger partial charge in [0.05, 0.1) is 16.7 Å². The lowest BCUT2D eigenvalue weighted by Gasteiger charge is -2.36. The lowest BCUT2D eigenvalue weighted by molar-refractivity contribution is -0.385. The molecule has 1 aromatic carbocycles. The van der Waals surface area contributed by atoms with Gasteiger partial charge in [-0.2, -0.15) is 0 Å². The number of carbonyl (C=O) groups is 1. The largest absolute Gasteiger partial charge is 0.459 e. The number of hydrogen-bond acceptors (Lipinski definition) is 7. The van der Waals surface area contributed by atoms with E-state index in [4.69, 9.17) is 4.42 Å². The molecule has 0 N–H and O–H groups in total. The number of furan rings is 1. The number of benzene rings is 1. The predicted octanol–water partition coefficient (Wildman–Crippen LogP) is 2.42. The minimum atomic E-state index is -0.596. The minimum Gasteiger partial charge on any atom is -0.459 e. The molecule has 4 rings (SSSR count). The van der Waals surface area contributed by atoms with Crippen molar-refractivity contribution < 1.29 is 14.1 Å². The normalized spacial score (nSPS) is 14.3. The Morgan fingerprint density at radius 2 is 1.85 bits per heavy atom. The Balaban J connectivity index is 1.69. The predicted molar refractivity (Wildman–Crippen MR) is 125 cm³/mol. The van der Waals surface area contributed by atoms with Gasteiger partial charge in [0.2, 0.25) is 0 Å². The van der Waals surface area contributed by atoms with Crippen LogP contribution in [-0.4, -0.2) is 72.0 Å². The number of aromatic nitrogens is 1. The Kier molecular flexibility index (Phi) is 6.45. The maximum absolute atomic E-state index is 13.3. The van der Waals surface area contributed by atoms with Crippen LogP contribution < -0.4 is 10.5 Å². The summed E-state index contributed by atoms with van der Waals surface area (Å²) in [5.74, 6) is 0.0514. The van der Waals surface area contributed by atoms with E-state index in [9.17, 15) is 19.7 Å². The summed E-state index contributed by atoms with van der Waals surface area (Å²) >= 11 is 0.